The van der Waals surface area contributed by atoms with Crippen molar-refractivity contribution in [2.45, 2.75) is 70.4 Å². The third-order valence-electron chi connectivity index (χ3n) is 6.00. The minimum absolute atomic E-state index is 0. The first-order valence-electron chi connectivity index (χ1n) is 10.9. The number of hydrogen-bond acceptors (Lipinski definition) is 4. The maximum absolute atomic E-state index is 4.40. The van der Waals surface area contributed by atoms with Crippen LogP contribution in [0.5, 0.6) is 0 Å². The van der Waals surface area contributed by atoms with Gasteiger partial charge in [-0.3, -0.25) is 4.99 Å². The summed E-state index contributed by atoms with van der Waals surface area (Å²) in [6.45, 7) is 5.70. The second kappa shape index (κ2) is 13.3. The average molecular weight is 503 g/mol. The van der Waals surface area contributed by atoms with Gasteiger partial charge in [0.15, 0.2) is 5.96 Å². The molecule has 0 amide bonds. The van der Waals surface area contributed by atoms with Gasteiger partial charge in [0.1, 0.15) is 12.7 Å². The van der Waals surface area contributed by atoms with E-state index in [0.29, 0.717) is 6.04 Å². The van der Waals surface area contributed by atoms with Crippen molar-refractivity contribution in [3.05, 3.63) is 12.7 Å². The molecule has 28 heavy (non-hydrogen) atoms. The van der Waals surface area contributed by atoms with Gasteiger partial charge in [-0.05, 0) is 44.4 Å². The van der Waals surface area contributed by atoms with Crippen molar-refractivity contribution < 1.29 is 0 Å². The van der Waals surface area contributed by atoms with Crippen LogP contribution in [-0.2, 0) is 6.54 Å². The lowest BCUT2D eigenvalue weighted by Gasteiger charge is -2.36. The highest BCUT2D eigenvalue weighted by molar-refractivity contribution is 14.0. The Hall–Kier alpha value is -0.900. The topological polar surface area (TPSA) is 70.4 Å². The van der Waals surface area contributed by atoms with Crippen LogP contribution in [0.4, 0.5) is 0 Å². The predicted molar refractivity (Wildman–Crippen MR) is 125 cm³/mol. The number of rotatable bonds is 8. The fourth-order valence-corrected chi connectivity index (χ4v) is 4.35. The van der Waals surface area contributed by atoms with Crippen molar-refractivity contribution in [1.82, 2.24) is 30.3 Å². The Morgan fingerprint density at radius 2 is 1.75 bits per heavy atom. The summed E-state index contributed by atoms with van der Waals surface area (Å²) in [5, 5.41) is 14.7. The molecule has 0 atom stereocenters. The second-order valence-corrected chi connectivity index (χ2v) is 8.13. The van der Waals surface area contributed by atoms with Crippen molar-refractivity contribution in [2.75, 3.05) is 33.2 Å². The fraction of sp³-hybridized carbons (Fsp3) is 0.850. The van der Waals surface area contributed by atoms with Crippen molar-refractivity contribution >= 4 is 29.9 Å². The molecule has 7 nitrogen and oxygen atoms in total. The minimum atomic E-state index is 0. The van der Waals surface area contributed by atoms with Crippen LogP contribution in [-0.4, -0.2) is 64.9 Å². The van der Waals surface area contributed by atoms with E-state index in [1.54, 1.807) is 12.7 Å². The highest BCUT2D eigenvalue weighted by Gasteiger charge is 2.23. The molecule has 0 bridgehead atoms. The molecule has 8 heteroatoms. The number of aromatic nitrogens is 3. The minimum Gasteiger partial charge on any atom is -0.356 e. The van der Waals surface area contributed by atoms with Crippen molar-refractivity contribution in [1.29, 1.82) is 0 Å². The summed E-state index contributed by atoms with van der Waals surface area (Å²) in [7, 11) is 1.87. The maximum Gasteiger partial charge on any atom is 0.191 e. The van der Waals surface area contributed by atoms with E-state index in [4.69, 9.17) is 0 Å². The summed E-state index contributed by atoms with van der Waals surface area (Å²) in [6.07, 6.45) is 15.5. The zero-order valence-electron chi connectivity index (χ0n) is 17.4. The lowest BCUT2D eigenvalue weighted by molar-refractivity contribution is 0.160. The van der Waals surface area contributed by atoms with E-state index in [0.717, 1.165) is 37.8 Å². The summed E-state index contributed by atoms with van der Waals surface area (Å²) in [5.74, 6) is 1.90. The van der Waals surface area contributed by atoms with E-state index in [1.165, 1.54) is 64.6 Å². The van der Waals surface area contributed by atoms with Gasteiger partial charge in [0.25, 0.3) is 0 Å². The first-order chi connectivity index (χ1) is 13.3. The molecule has 0 spiro atoms. The van der Waals surface area contributed by atoms with Crippen molar-refractivity contribution in [3.8, 4) is 0 Å². The Morgan fingerprint density at radius 3 is 2.43 bits per heavy atom. The molecule has 0 aromatic carbocycles. The van der Waals surface area contributed by atoms with Crippen LogP contribution in [0, 0.1) is 5.92 Å². The normalized spacial score (nSPS) is 20.0. The first kappa shape index (κ1) is 23.4. The van der Waals surface area contributed by atoms with Crippen LogP contribution < -0.4 is 10.6 Å². The number of aryl methyl sites for hydroxylation is 1. The first-order valence-corrected chi connectivity index (χ1v) is 10.9. The number of unbranched alkanes of at least 4 members (excludes halogenated alkanes) is 1. The molecule has 0 unspecified atom stereocenters. The number of likely N-dealkylation sites (tertiary alicyclic amines) is 1. The van der Waals surface area contributed by atoms with Crippen molar-refractivity contribution in [2.24, 2.45) is 10.9 Å². The van der Waals surface area contributed by atoms with E-state index < -0.39 is 0 Å². The summed E-state index contributed by atoms with van der Waals surface area (Å²) >= 11 is 0. The third-order valence-corrected chi connectivity index (χ3v) is 6.00. The largest absolute Gasteiger partial charge is 0.356 e. The molecule has 3 rings (SSSR count). The van der Waals surface area contributed by atoms with Crippen LogP contribution in [0.25, 0.3) is 0 Å². The highest BCUT2D eigenvalue weighted by atomic mass is 127. The standard InChI is InChI=1S/C20H37N7.HI/c1-21-20(22-11-5-6-12-27-16-23-24-17-27)25-19-9-13-26(14-10-19)15-18-7-3-2-4-8-18;/h16-19H,2-15H2,1H3,(H2,21,22,25);1H. The SMILES string of the molecule is CN=C(NCCCCn1cnnc1)NC1CCN(CC2CCCCC2)CC1.I. The van der Waals surface area contributed by atoms with Crippen molar-refractivity contribution in [3.63, 3.8) is 0 Å². The molecular formula is C20H38IN7. The Kier molecular flexibility index (Phi) is 11.1. The molecule has 0 radical (unpaired) electrons. The Bertz CT molecular complexity index is 535. The smallest absolute Gasteiger partial charge is 0.191 e. The number of halogens is 1. The average Bonchev–Trinajstić information content (AvgIpc) is 3.22. The predicted octanol–water partition coefficient (Wildman–Crippen LogP) is 2.89. The number of piperidine rings is 1. The molecule has 1 saturated carbocycles. The Balaban J connectivity index is 0.00000280. The van der Waals surface area contributed by atoms with E-state index in [-0.39, 0.29) is 24.0 Å². The van der Waals surface area contributed by atoms with Gasteiger partial charge in [-0.2, -0.15) is 0 Å². The molecule has 2 fully saturated rings. The third kappa shape index (κ3) is 8.23. The lowest BCUT2D eigenvalue weighted by atomic mass is 9.88. The number of aliphatic imine (C=N–C) groups is 1. The summed E-state index contributed by atoms with van der Waals surface area (Å²) in [4.78, 5) is 7.09. The summed E-state index contributed by atoms with van der Waals surface area (Å²) in [6, 6.07) is 0.552. The van der Waals surface area contributed by atoms with Gasteiger partial charge in [0, 0.05) is 45.8 Å². The van der Waals surface area contributed by atoms with Crippen LogP contribution in [0.3, 0.4) is 0 Å². The Morgan fingerprint density at radius 1 is 1.04 bits per heavy atom. The van der Waals surface area contributed by atoms with Crippen LogP contribution >= 0.6 is 24.0 Å². The van der Waals surface area contributed by atoms with E-state index in [1.807, 2.05) is 11.6 Å². The van der Waals surface area contributed by atoms with Gasteiger partial charge in [-0.15, -0.1) is 34.2 Å². The highest BCUT2D eigenvalue weighted by Crippen LogP contribution is 2.25. The number of hydrogen-bond donors (Lipinski definition) is 2. The zero-order chi connectivity index (χ0) is 18.7. The van der Waals surface area contributed by atoms with Gasteiger partial charge >= 0.3 is 0 Å². The quantitative estimate of drug-likeness (QED) is 0.247. The van der Waals surface area contributed by atoms with Crippen LogP contribution in [0.1, 0.15) is 57.8 Å². The van der Waals surface area contributed by atoms with Gasteiger partial charge in [-0.25, -0.2) is 0 Å². The molecule has 1 aromatic rings. The molecule has 1 aliphatic heterocycles. The molecule has 1 aromatic heterocycles. The molecular weight excluding hydrogens is 465 g/mol. The van der Waals surface area contributed by atoms with E-state index in [2.05, 4.69) is 30.7 Å². The summed E-state index contributed by atoms with van der Waals surface area (Å²) in [5.41, 5.74) is 0. The van der Waals surface area contributed by atoms with Gasteiger partial charge < -0.3 is 20.1 Å². The monoisotopic (exact) mass is 503 g/mol. The second-order valence-electron chi connectivity index (χ2n) is 8.13. The number of nitrogens with zero attached hydrogens (tertiary/aromatic N) is 5. The molecule has 2 aliphatic rings. The van der Waals surface area contributed by atoms with Gasteiger partial charge in [-0.1, -0.05) is 19.3 Å². The lowest BCUT2D eigenvalue weighted by Crippen LogP contribution is -2.49. The summed E-state index contributed by atoms with van der Waals surface area (Å²) < 4.78 is 2.02. The van der Waals surface area contributed by atoms with E-state index in [9.17, 15) is 0 Å². The molecule has 2 heterocycles. The zero-order valence-corrected chi connectivity index (χ0v) is 19.7. The number of nitrogens with one attached hydrogen (secondary N) is 2. The molecule has 1 saturated heterocycles. The maximum atomic E-state index is 4.40. The molecule has 1 aliphatic carbocycles. The van der Waals surface area contributed by atoms with Crippen LogP contribution in [0.15, 0.2) is 17.6 Å². The Labute approximate surface area is 187 Å². The molecule has 2 N–H and O–H groups in total. The molecule has 160 valence electrons. The van der Waals surface area contributed by atoms with Crippen LogP contribution in [0.2, 0.25) is 0 Å². The van der Waals surface area contributed by atoms with Gasteiger partial charge in [0.05, 0.1) is 0 Å². The number of guanidine groups is 1. The fourth-order valence-electron chi connectivity index (χ4n) is 4.35. The van der Waals surface area contributed by atoms with E-state index >= 15 is 0 Å². The van der Waals surface area contributed by atoms with Gasteiger partial charge in [0.2, 0.25) is 0 Å².